The van der Waals surface area contributed by atoms with Crippen LogP contribution in [0.15, 0.2) is 0 Å². The van der Waals surface area contributed by atoms with Crippen LogP contribution in [0, 0.1) is 0 Å². The molecule has 60 nitrogen and oxygen atoms in total. The first kappa shape index (κ1) is 111. The Labute approximate surface area is 763 Å². The Balaban J connectivity index is 0.956. The molecule has 0 spiro atoms. The molecule has 10 fully saturated rings. The second kappa shape index (κ2) is 48.5. The Bertz CT molecular complexity index is 3810. The summed E-state index contributed by atoms with van der Waals surface area (Å²) in [5, 5.41) is 326. The number of aliphatic hydroxyl groups is 27. The fourth-order valence-electron chi connectivity index (χ4n) is 17.2. The highest BCUT2D eigenvalue weighted by atomic mass is 16.8. The standard InChI is InChI=1S/C75H123N5O55/c1-18(89)76-35-25(118-23(6)94)7-75(74(114)115,135-61(35)40(96)24(95)8-81)117-17-34-44(100)51(107)55(111)70(127-34)130-59-31(14-87)124-67(38(48(59)104)79-21(4)92)133-63-52(108)42(98)27(10-83)121-72(63)116-16-33-45(101)62(56(112)71(126-33)131-60-32(15-88)123-66(37(47(60)103)78-20(3)91)128-57-29(12-85)119-65(113)36(46(57)102)77-19(2)90)132-73-64(53(109)43(99)28(11-84)122-73)134-68-39(80-22(5)93)49(105)58(30(13-86)125-68)129-69-54(110)50(106)41(97)26(9-82)120-69/h24-73,81-88,95-113H,7-17H2,1-6H3,(H,76,89)(H,77,90)(H,78,91)(H,79,92)(H,80,93)(H,114,115)/t24-,25+,26-,27-,28-,29-,30-,31-,32-,33-,34-,35-,36-,37-,38-,39-,40-,41+,42-,43-,44+,45-,46-,47-,48-,49-,50+,51+,52+,53+,54-,55-,56+,57-,58-,59-,60-,61-,62+,63+,64+,65-,66+,67+,68+,69+,70+,71+,72+,73-,75-/m1/s1. The number of aliphatic carboxylic acids is 1. The van der Waals surface area contributed by atoms with E-state index < -0.39 is 426 Å². The van der Waals surface area contributed by atoms with E-state index in [9.17, 15) is 177 Å². The molecule has 10 heterocycles. The topological polar surface area (TPSA) is 931 Å². The fraction of sp³-hybridized carbons (Fsp3) is 0.907. The molecule has 5 amide bonds. The highest BCUT2D eigenvalue weighted by Crippen LogP contribution is 2.42. The predicted octanol–water partition coefficient (Wildman–Crippen LogP) is -22.3. The van der Waals surface area contributed by atoms with Crippen LogP contribution in [0.5, 0.6) is 0 Å². The summed E-state index contributed by atoms with van der Waals surface area (Å²) in [6.07, 6.45) is -99.5. The van der Waals surface area contributed by atoms with E-state index in [2.05, 4.69) is 26.6 Å². The molecule has 0 unspecified atom stereocenters. The van der Waals surface area contributed by atoms with Crippen molar-refractivity contribution in [2.24, 2.45) is 0 Å². The van der Waals surface area contributed by atoms with Gasteiger partial charge in [-0.1, -0.05) is 0 Å². The Morgan fingerprint density at radius 2 is 0.630 bits per heavy atom. The molecule has 10 aliphatic rings. The third-order valence-electron chi connectivity index (χ3n) is 24.1. The molecule has 0 aromatic rings. The number of carbonyl (C=O) groups excluding carboxylic acids is 6. The number of carboxylic acids is 1. The maximum atomic E-state index is 13.3. The third-order valence-corrected chi connectivity index (χ3v) is 24.1. The van der Waals surface area contributed by atoms with Crippen LogP contribution in [0.3, 0.4) is 0 Å². The minimum absolute atomic E-state index is 0.816. The molecule has 0 aromatic carbocycles. The van der Waals surface area contributed by atoms with E-state index in [-0.39, 0.29) is 0 Å². The summed E-state index contributed by atoms with van der Waals surface area (Å²) >= 11 is 0. The summed E-state index contributed by atoms with van der Waals surface area (Å²) in [6, 6.07) is -9.44. The van der Waals surface area contributed by atoms with Crippen molar-refractivity contribution in [2.75, 3.05) is 66.1 Å². The molecule has 10 saturated heterocycles. The lowest BCUT2D eigenvalue weighted by molar-refractivity contribution is -0.399. The Morgan fingerprint density at radius 1 is 0.319 bits per heavy atom. The lowest BCUT2D eigenvalue weighted by Gasteiger charge is -2.51. The number of esters is 1. The van der Waals surface area contributed by atoms with Crippen LogP contribution in [0.4, 0.5) is 0 Å². The maximum Gasteiger partial charge on any atom is 0.364 e. The van der Waals surface area contributed by atoms with Gasteiger partial charge in [-0.3, -0.25) is 28.8 Å². The van der Waals surface area contributed by atoms with Crippen molar-refractivity contribution in [1.82, 2.24) is 26.6 Å². The molecule has 0 bridgehead atoms. The number of ether oxygens (including phenoxy) is 20. The highest BCUT2D eigenvalue weighted by molar-refractivity contribution is 5.77. The predicted molar refractivity (Wildman–Crippen MR) is 414 cm³/mol. The Kier molecular flexibility index (Phi) is 40.0. The van der Waals surface area contributed by atoms with Crippen molar-refractivity contribution in [1.29, 1.82) is 0 Å². The van der Waals surface area contributed by atoms with Gasteiger partial charge in [0.05, 0.1) is 78.5 Å². The van der Waals surface area contributed by atoms with E-state index in [0.717, 1.165) is 41.5 Å². The lowest BCUT2D eigenvalue weighted by Crippen LogP contribution is -2.71. The number of rotatable bonds is 37. The summed E-state index contributed by atoms with van der Waals surface area (Å²) in [7, 11) is 0. The molecule has 0 aromatic heterocycles. The largest absolute Gasteiger partial charge is 0.477 e. The van der Waals surface area contributed by atoms with E-state index >= 15 is 0 Å². The van der Waals surface area contributed by atoms with Gasteiger partial charge in [-0.15, -0.1) is 0 Å². The van der Waals surface area contributed by atoms with E-state index in [1.807, 2.05) is 0 Å². The molecular formula is C75H123N5O55. The zero-order valence-electron chi connectivity index (χ0n) is 72.7. The molecule has 10 aliphatic heterocycles. The normalized spacial score (nSPS) is 46.4. The van der Waals surface area contributed by atoms with Gasteiger partial charge in [0, 0.05) is 41.5 Å². The molecule has 60 heteroatoms. The summed E-state index contributed by atoms with van der Waals surface area (Å²) in [6.45, 7) is -6.37. The van der Waals surface area contributed by atoms with Gasteiger partial charge in [0.1, 0.15) is 244 Å². The Morgan fingerprint density at radius 3 is 1.02 bits per heavy atom. The van der Waals surface area contributed by atoms with Gasteiger partial charge in [-0.25, -0.2) is 4.79 Å². The number of amides is 5. The van der Waals surface area contributed by atoms with E-state index in [1.165, 1.54) is 0 Å². The lowest BCUT2D eigenvalue weighted by atomic mass is 9.88. The minimum Gasteiger partial charge on any atom is -0.477 e. The SMILES string of the molecule is CC(=O)N[C@@H]1[C@@H](O)[C@H](O[C@@H]2O[C@H](CO)[C@@H](O[C@@H]3O[C@H](CO[C@H]4O[C@H](CO)[C@@H](O)[C@H](O)[C@@H]4O[C@@H]4O[C@H](CO)[C@@H](O[C@@H]5O[C@H](CO[C@]6(C(=O)O)C[C@H](OC(C)=O)[C@@H](NC(C)=O)[C@H]([C@H](O)[C@H](O)CO)O6)[C@H](O)[C@H](O)[C@H]5O)[C@H](O)[C@H]4NC(C)=O)[C@@H](O)[C@H](O[C@H]4O[C@H](CO)[C@@H](O)[C@H](O)[C@@H]4O[C@@H]4O[C@H](CO)[C@@H](O[C@@H]5O[C@H](CO)[C@H](O)[C@H](O)[C@H]5O)[C@H](O)[C@H]4NC(C)=O)[C@@H]3O)[C@H](O)[C@H]2NC(C)=O)[C@@H](CO)O[C@H]1O. The number of carbonyl (C=O) groups is 7. The van der Waals surface area contributed by atoms with Gasteiger partial charge in [0.15, 0.2) is 56.6 Å². The van der Waals surface area contributed by atoms with Crippen molar-refractivity contribution in [2.45, 2.75) is 360 Å². The van der Waals surface area contributed by atoms with E-state index in [1.54, 1.807) is 0 Å². The number of nitrogens with one attached hydrogen (secondary N) is 5. The highest BCUT2D eigenvalue weighted by Gasteiger charge is 2.64. The number of hydrogen-bond donors (Lipinski definition) is 33. The van der Waals surface area contributed by atoms with Crippen LogP contribution in [0.25, 0.3) is 0 Å². The fourth-order valence-corrected chi connectivity index (χ4v) is 17.2. The first-order valence-electron chi connectivity index (χ1n) is 42.6. The van der Waals surface area contributed by atoms with Crippen molar-refractivity contribution in [3.8, 4) is 0 Å². The molecule has 135 heavy (non-hydrogen) atoms. The van der Waals surface area contributed by atoms with Crippen LogP contribution < -0.4 is 26.6 Å². The maximum absolute atomic E-state index is 13.3. The van der Waals surface area contributed by atoms with E-state index in [4.69, 9.17) is 94.7 Å². The monoisotopic (exact) mass is 1970 g/mol. The molecule has 778 valence electrons. The molecule has 0 radical (unpaired) electrons. The minimum atomic E-state index is -3.14. The van der Waals surface area contributed by atoms with Crippen molar-refractivity contribution in [3.63, 3.8) is 0 Å². The third kappa shape index (κ3) is 25.2. The van der Waals surface area contributed by atoms with Crippen molar-refractivity contribution >= 4 is 41.5 Å². The summed E-state index contributed by atoms with van der Waals surface area (Å²) in [4.78, 5) is 89.7. The van der Waals surface area contributed by atoms with Gasteiger partial charge in [-0.2, -0.15) is 0 Å². The average Bonchev–Trinajstić information content (AvgIpc) is 0.812. The van der Waals surface area contributed by atoms with Gasteiger partial charge in [0.25, 0.3) is 5.79 Å². The molecule has 0 saturated carbocycles. The molecule has 10 rings (SSSR count). The zero-order chi connectivity index (χ0) is 99.9. The van der Waals surface area contributed by atoms with Crippen LogP contribution in [0.2, 0.25) is 0 Å². The van der Waals surface area contributed by atoms with Crippen molar-refractivity contribution < 1.29 is 271 Å². The molecule has 0 aliphatic carbocycles. The van der Waals surface area contributed by atoms with E-state index in [0.29, 0.717) is 0 Å². The summed E-state index contributed by atoms with van der Waals surface area (Å²) in [5.41, 5.74) is 0. The van der Waals surface area contributed by atoms with Gasteiger partial charge in [0.2, 0.25) is 29.5 Å². The Hall–Kier alpha value is -5.55. The zero-order valence-corrected chi connectivity index (χ0v) is 72.7. The molecular weight excluding hydrogens is 1850 g/mol. The quantitative estimate of drug-likeness (QED) is 0.0257. The van der Waals surface area contributed by atoms with Crippen LogP contribution in [-0.2, 0) is 128 Å². The molecule has 33 N–H and O–H groups in total. The second-order valence-electron chi connectivity index (χ2n) is 33.7. The average molecular weight is 1970 g/mol. The van der Waals surface area contributed by atoms with Crippen molar-refractivity contribution in [3.05, 3.63) is 0 Å². The second-order valence-corrected chi connectivity index (χ2v) is 33.7. The first-order valence-corrected chi connectivity index (χ1v) is 42.6. The van der Waals surface area contributed by atoms with Gasteiger partial charge < -0.3 is 264 Å². The smallest absolute Gasteiger partial charge is 0.364 e. The molecule has 51 atom stereocenters. The number of carboxylic acid groups (broad SMARTS) is 1. The summed E-state index contributed by atoms with van der Waals surface area (Å²) in [5.74, 6) is -11.0. The van der Waals surface area contributed by atoms with Gasteiger partial charge in [-0.05, 0) is 0 Å². The van der Waals surface area contributed by atoms with Crippen LogP contribution in [-0.4, -0.2) is 563 Å². The van der Waals surface area contributed by atoms with Crippen LogP contribution in [0.1, 0.15) is 48.0 Å². The number of hydrogen-bond acceptors (Lipinski definition) is 54. The first-order chi connectivity index (χ1) is 63.7. The number of aliphatic hydroxyl groups excluding tert-OH is 27. The van der Waals surface area contributed by atoms with Crippen LogP contribution >= 0.6 is 0 Å². The summed E-state index contributed by atoms with van der Waals surface area (Å²) < 4.78 is 118. The van der Waals surface area contributed by atoms with Gasteiger partial charge >= 0.3 is 11.9 Å².